The number of carbonyl (C=O) groups is 1. The molecule has 1 aromatic rings. The van der Waals surface area contributed by atoms with Gasteiger partial charge in [0.15, 0.2) is 0 Å². The molecule has 0 aliphatic heterocycles. The van der Waals surface area contributed by atoms with Crippen molar-refractivity contribution in [2.75, 3.05) is 17.6 Å². The Morgan fingerprint density at radius 2 is 2.19 bits per heavy atom. The normalized spacial score (nSPS) is 11.9. The maximum absolute atomic E-state index is 11.6. The van der Waals surface area contributed by atoms with Gasteiger partial charge in [0, 0.05) is 6.54 Å². The van der Waals surface area contributed by atoms with Gasteiger partial charge < -0.3 is 16.4 Å². The van der Waals surface area contributed by atoms with Crippen LogP contribution in [-0.4, -0.2) is 18.5 Å². The number of rotatable bonds is 4. The van der Waals surface area contributed by atoms with E-state index in [2.05, 4.69) is 10.6 Å². The van der Waals surface area contributed by atoms with Crippen molar-refractivity contribution in [2.45, 2.75) is 26.8 Å². The van der Waals surface area contributed by atoms with Crippen LogP contribution < -0.4 is 16.4 Å². The summed E-state index contributed by atoms with van der Waals surface area (Å²) in [5.74, 6) is -0.0230. The Bertz CT molecular complexity index is 356. The van der Waals surface area contributed by atoms with Crippen LogP contribution in [0.15, 0.2) is 18.2 Å². The third-order valence-electron chi connectivity index (χ3n) is 2.41. The maximum Gasteiger partial charge on any atom is 0.242 e. The van der Waals surface area contributed by atoms with Crippen LogP contribution in [0.4, 0.5) is 11.4 Å². The number of para-hydroxylation sites is 1. The number of nitrogens with two attached hydrogens (primary N) is 1. The van der Waals surface area contributed by atoms with Gasteiger partial charge in [0.2, 0.25) is 5.91 Å². The molecule has 1 atom stereocenters. The molecule has 88 valence electrons. The molecule has 0 fully saturated rings. The van der Waals surface area contributed by atoms with E-state index in [1.807, 2.05) is 39.0 Å². The van der Waals surface area contributed by atoms with Gasteiger partial charge in [-0.05, 0) is 32.4 Å². The summed E-state index contributed by atoms with van der Waals surface area (Å²) in [6, 6.07) is 5.39. The van der Waals surface area contributed by atoms with Crippen LogP contribution in [0.5, 0.6) is 0 Å². The second kappa shape index (κ2) is 5.39. The van der Waals surface area contributed by atoms with Crippen LogP contribution in [0.2, 0.25) is 0 Å². The second-order valence-corrected chi connectivity index (χ2v) is 3.80. The van der Waals surface area contributed by atoms with E-state index >= 15 is 0 Å². The van der Waals surface area contributed by atoms with Crippen LogP contribution in [-0.2, 0) is 4.79 Å². The molecule has 0 radical (unpaired) electrons. The molecule has 0 heterocycles. The highest BCUT2D eigenvalue weighted by Crippen LogP contribution is 2.23. The second-order valence-electron chi connectivity index (χ2n) is 3.80. The summed E-state index contributed by atoms with van der Waals surface area (Å²) >= 11 is 0. The number of benzene rings is 1. The van der Waals surface area contributed by atoms with Crippen LogP contribution in [0.3, 0.4) is 0 Å². The molecule has 1 aromatic carbocycles. The topological polar surface area (TPSA) is 67.2 Å². The quantitative estimate of drug-likeness (QED) is 0.675. The predicted octanol–water partition coefficient (Wildman–Crippen LogP) is 1.51. The fraction of sp³-hybridized carbons (Fsp3) is 0.417. The fourth-order valence-corrected chi connectivity index (χ4v) is 1.50. The zero-order chi connectivity index (χ0) is 12.1. The molecule has 0 aromatic heterocycles. The summed E-state index contributed by atoms with van der Waals surface area (Å²) in [5, 5.41) is 5.89. The molecule has 0 aliphatic rings. The first-order valence-electron chi connectivity index (χ1n) is 5.45. The van der Waals surface area contributed by atoms with Crippen molar-refractivity contribution in [2.24, 2.45) is 0 Å². The molecule has 0 bridgehead atoms. The first kappa shape index (κ1) is 12.4. The smallest absolute Gasteiger partial charge is 0.242 e. The van der Waals surface area contributed by atoms with Gasteiger partial charge in [0.05, 0.1) is 11.4 Å². The third-order valence-corrected chi connectivity index (χ3v) is 2.41. The van der Waals surface area contributed by atoms with Gasteiger partial charge in [-0.15, -0.1) is 0 Å². The molecule has 4 heteroatoms. The SMILES string of the molecule is CCNC(=O)C(C)Nc1c(C)cccc1N. The van der Waals surface area contributed by atoms with Crippen molar-refractivity contribution in [1.29, 1.82) is 0 Å². The first-order valence-corrected chi connectivity index (χ1v) is 5.45. The molecule has 0 saturated carbocycles. The summed E-state index contributed by atoms with van der Waals surface area (Å²) in [4.78, 5) is 11.6. The Kier molecular flexibility index (Phi) is 4.17. The average Bonchev–Trinajstić information content (AvgIpc) is 2.23. The number of hydrogen-bond donors (Lipinski definition) is 3. The lowest BCUT2D eigenvalue weighted by atomic mass is 10.1. The molecule has 0 spiro atoms. The van der Waals surface area contributed by atoms with Crippen molar-refractivity contribution in [3.63, 3.8) is 0 Å². The summed E-state index contributed by atoms with van der Waals surface area (Å²) in [7, 11) is 0. The standard InChI is InChI=1S/C12H19N3O/c1-4-14-12(16)9(3)15-11-8(2)6-5-7-10(11)13/h5-7,9,15H,4,13H2,1-3H3,(H,14,16). The van der Waals surface area contributed by atoms with Gasteiger partial charge in [0.25, 0.3) is 0 Å². The molecular formula is C12H19N3O. The highest BCUT2D eigenvalue weighted by atomic mass is 16.2. The van der Waals surface area contributed by atoms with Gasteiger partial charge in [-0.3, -0.25) is 4.79 Å². The van der Waals surface area contributed by atoms with Gasteiger partial charge in [0.1, 0.15) is 6.04 Å². The lowest BCUT2D eigenvalue weighted by molar-refractivity contribution is -0.121. The predicted molar refractivity (Wildman–Crippen MR) is 67.4 cm³/mol. The highest BCUT2D eigenvalue weighted by molar-refractivity contribution is 5.85. The summed E-state index contributed by atoms with van der Waals surface area (Å²) < 4.78 is 0. The van der Waals surface area contributed by atoms with Crippen LogP contribution in [0.1, 0.15) is 19.4 Å². The van der Waals surface area contributed by atoms with Crippen molar-refractivity contribution in [3.05, 3.63) is 23.8 Å². The van der Waals surface area contributed by atoms with Crippen LogP contribution >= 0.6 is 0 Å². The number of carbonyl (C=O) groups excluding carboxylic acids is 1. The van der Waals surface area contributed by atoms with Crippen molar-refractivity contribution in [3.8, 4) is 0 Å². The van der Waals surface area contributed by atoms with Gasteiger partial charge in [-0.25, -0.2) is 0 Å². The number of hydrogen-bond acceptors (Lipinski definition) is 3. The lowest BCUT2D eigenvalue weighted by Crippen LogP contribution is -2.37. The minimum Gasteiger partial charge on any atom is -0.397 e. The van der Waals surface area contributed by atoms with E-state index in [0.717, 1.165) is 11.3 Å². The number of amides is 1. The number of anilines is 2. The van der Waals surface area contributed by atoms with E-state index in [4.69, 9.17) is 5.73 Å². The molecule has 16 heavy (non-hydrogen) atoms. The van der Waals surface area contributed by atoms with Gasteiger partial charge >= 0.3 is 0 Å². The average molecular weight is 221 g/mol. The molecule has 4 N–H and O–H groups in total. The third kappa shape index (κ3) is 2.89. The van der Waals surface area contributed by atoms with Gasteiger partial charge in [-0.2, -0.15) is 0 Å². The molecule has 0 aliphatic carbocycles. The number of likely N-dealkylation sites (N-methyl/N-ethyl adjacent to an activating group) is 1. The zero-order valence-electron chi connectivity index (χ0n) is 10.0. The van der Waals surface area contributed by atoms with E-state index < -0.39 is 0 Å². The largest absolute Gasteiger partial charge is 0.397 e. The summed E-state index contributed by atoms with van der Waals surface area (Å²) in [5.41, 5.74) is 8.39. The minimum absolute atomic E-state index is 0.0230. The molecule has 4 nitrogen and oxygen atoms in total. The minimum atomic E-state index is -0.289. The molecular weight excluding hydrogens is 202 g/mol. The molecule has 0 saturated heterocycles. The van der Waals surface area contributed by atoms with Crippen molar-refractivity contribution < 1.29 is 4.79 Å². The zero-order valence-corrected chi connectivity index (χ0v) is 10.0. The Hall–Kier alpha value is -1.71. The number of nitrogen functional groups attached to an aromatic ring is 1. The first-order chi connectivity index (χ1) is 7.56. The number of nitrogens with one attached hydrogen (secondary N) is 2. The Labute approximate surface area is 96.2 Å². The Morgan fingerprint density at radius 1 is 1.50 bits per heavy atom. The Morgan fingerprint density at radius 3 is 2.75 bits per heavy atom. The van der Waals surface area contributed by atoms with Crippen LogP contribution in [0, 0.1) is 6.92 Å². The Balaban J connectivity index is 2.76. The monoisotopic (exact) mass is 221 g/mol. The van der Waals surface area contributed by atoms with E-state index in [1.165, 1.54) is 0 Å². The summed E-state index contributed by atoms with van der Waals surface area (Å²) in [6.07, 6.45) is 0. The van der Waals surface area contributed by atoms with Crippen LogP contribution in [0.25, 0.3) is 0 Å². The van der Waals surface area contributed by atoms with Crippen molar-refractivity contribution in [1.82, 2.24) is 5.32 Å². The molecule has 1 unspecified atom stereocenters. The lowest BCUT2D eigenvalue weighted by Gasteiger charge is -2.17. The molecule has 1 rings (SSSR count). The fourth-order valence-electron chi connectivity index (χ4n) is 1.50. The molecule has 1 amide bonds. The van der Waals surface area contributed by atoms with E-state index in [9.17, 15) is 4.79 Å². The van der Waals surface area contributed by atoms with E-state index in [-0.39, 0.29) is 11.9 Å². The number of aryl methyl sites for hydroxylation is 1. The summed E-state index contributed by atoms with van der Waals surface area (Å²) in [6.45, 7) is 6.31. The van der Waals surface area contributed by atoms with Crippen molar-refractivity contribution >= 4 is 17.3 Å². The van der Waals surface area contributed by atoms with E-state index in [1.54, 1.807) is 0 Å². The van der Waals surface area contributed by atoms with Gasteiger partial charge in [-0.1, -0.05) is 12.1 Å². The maximum atomic E-state index is 11.6. The van der Waals surface area contributed by atoms with E-state index in [0.29, 0.717) is 12.2 Å². The highest BCUT2D eigenvalue weighted by Gasteiger charge is 2.13.